The lowest BCUT2D eigenvalue weighted by Gasteiger charge is -2.38. The fourth-order valence-electron chi connectivity index (χ4n) is 2.69. The number of carbonyl (C=O) groups excluding carboxylic acids is 1. The zero-order valence-electron chi connectivity index (χ0n) is 19.7. The molecule has 0 aliphatic carbocycles. The van der Waals surface area contributed by atoms with Gasteiger partial charge in [0, 0.05) is 0 Å². The Hall–Kier alpha value is -1.57. The summed E-state index contributed by atoms with van der Waals surface area (Å²) in [7, 11) is 2.67. The SMILES string of the molecule is COC(=O)[C@@H](N[C@@H](CO[Si](C)(C)C(C)(C)C)c1ccc(OC)c(OC)c1)C(C)C. The molecular formula is C22H39NO5Si. The fourth-order valence-corrected chi connectivity index (χ4v) is 3.71. The number of hydrogen-bond donors (Lipinski definition) is 1. The molecule has 0 radical (unpaired) electrons. The molecule has 1 rings (SSSR count). The number of ether oxygens (including phenoxy) is 3. The number of esters is 1. The Morgan fingerprint density at radius 2 is 1.66 bits per heavy atom. The van der Waals surface area contributed by atoms with E-state index < -0.39 is 14.4 Å². The van der Waals surface area contributed by atoms with Crippen molar-refractivity contribution in [3.63, 3.8) is 0 Å². The molecule has 2 atom stereocenters. The third-order valence-electron chi connectivity index (χ3n) is 5.73. The molecule has 0 heterocycles. The minimum Gasteiger partial charge on any atom is -0.493 e. The smallest absolute Gasteiger partial charge is 0.323 e. The molecule has 0 spiro atoms. The maximum Gasteiger partial charge on any atom is 0.323 e. The maximum absolute atomic E-state index is 12.3. The van der Waals surface area contributed by atoms with Crippen LogP contribution in [0.15, 0.2) is 18.2 Å². The minimum atomic E-state index is -1.97. The molecule has 0 fully saturated rings. The summed E-state index contributed by atoms with van der Waals surface area (Å²) in [5.74, 6) is 1.09. The Labute approximate surface area is 177 Å². The Morgan fingerprint density at radius 3 is 2.10 bits per heavy atom. The van der Waals surface area contributed by atoms with Gasteiger partial charge in [0.25, 0.3) is 0 Å². The Kier molecular flexibility index (Phi) is 9.18. The molecule has 29 heavy (non-hydrogen) atoms. The third kappa shape index (κ3) is 6.72. The van der Waals surface area contributed by atoms with Crippen LogP contribution in [0.3, 0.4) is 0 Å². The summed E-state index contributed by atoms with van der Waals surface area (Å²) in [6, 6.07) is 5.14. The van der Waals surface area contributed by atoms with Crippen molar-refractivity contribution >= 4 is 14.3 Å². The number of carbonyl (C=O) groups is 1. The largest absolute Gasteiger partial charge is 0.493 e. The van der Waals surface area contributed by atoms with Gasteiger partial charge in [0.2, 0.25) is 0 Å². The van der Waals surface area contributed by atoms with Gasteiger partial charge in [0.15, 0.2) is 19.8 Å². The van der Waals surface area contributed by atoms with E-state index in [-0.39, 0.29) is 23.0 Å². The topological polar surface area (TPSA) is 66.0 Å². The molecule has 0 aromatic heterocycles. The van der Waals surface area contributed by atoms with Crippen LogP contribution in [0.5, 0.6) is 11.5 Å². The number of hydrogen-bond acceptors (Lipinski definition) is 6. The van der Waals surface area contributed by atoms with E-state index in [1.54, 1.807) is 14.2 Å². The highest BCUT2D eigenvalue weighted by atomic mass is 28.4. The van der Waals surface area contributed by atoms with Gasteiger partial charge >= 0.3 is 5.97 Å². The summed E-state index contributed by atoms with van der Waals surface area (Å²) in [4.78, 5) is 12.3. The zero-order chi connectivity index (χ0) is 22.4. The molecule has 1 aromatic rings. The van der Waals surface area contributed by atoms with Crippen LogP contribution in [0.1, 0.15) is 46.2 Å². The van der Waals surface area contributed by atoms with Crippen molar-refractivity contribution in [1.29, 1.82) is 0 Å². The summed E-state index contributed by atoms with van der Waals surface area (Å²) in [5, 5.41) is 3.55. The highest BCUT2D eigenvalue weighted by molar-refractivity contribution is 6.74. The van der Waals surface area contributed by atoms with Gasteiger partial charge in [-0.2, -0.15) is 0 Å². The van der Waals surface area contributed by atoms with E-state index in [0.717, 1.165) is 5.56 Å². The first-order chi connectivity index (χ1) is 13.4. The normalized spacial score (nSPS) is 14.4. The minimum absolute atomic E-state index is 0.0676. The predicted octanol–water partition coefficient (Wildman–Crippen LogP) is 4.55. The van der Waals surface area contributed by atoms with E-state index in [0.29, 0.717) is 18.1 Å². The lowest BCUT2D eigenvalue weighted by Crippen LogP contribution is -2.47. The first-order valence-corrected chi connectivity index (χ1v) is 13.0. The summed E-state index contributed by atoms with van der Waals surface area (Å²) in [6.45, 7) is 15.5. The Morgan fingerprint density at radius 1 is 1.07 bits per heavy atom. The monoisotopic (exact) mass is 425 g/mol. The van der Waals surface area contributed by atoms with Gasteiger partial charge in [-0.3, -0.25) is 10.1 Å². The summed E-state index contributed by atoms with van der Waals surface area (Å²) in [6.07, 6.45) is 0. The van der Waals surface area contributed by atoms with Crippen molar-refractivity contribution in [1.82, 2.24) is 5.32 Å². The molecule has 0 amide bonds. The quantitative estimate of drug-likeness (QED) is 0.438. The Bertz CT molecular complexity index is 670. The first kappa shape index (κ1) is 25.5. The standard InChI is InChI=1S/C22H39NO5Si/c1-15(2)20(21(24)27-8)23-17(14-28-29(9,10)22(3,4)5)16-11-12-18(25-6)19(13-16)26-7/h11-13,15,17,20,23H,14H2,1-10H3/t17-,20-/m0/s1. The molecule has 0 saturated carbocycles. The second-order valence-electron chi connectivity index (χ2n) is 9.15. The second-order valence-corrected chi connectivity index (χ2v) is 14.0. The molecular weight excluding hydrogens is 386 g/mol. The average molecular weight is 426 g/mol. The van der Waals surface area contributed by atoms with E-state index in [1.165, 1.54) is 7.11 Å². The maximum atomic E-state index is 12.3. The second kappa shape index (κ2) is 10.5. The van der Waals surface area contributed by atoms with Crippen LogP contribution < -0.4 is 14.8 Å². The van der Waals surface area contributed by atoms with Gasteiger partial charge in [-0.05, 0) is 41.7 Å². The van der Waals surface area contributed by atoms with Crippen molar-refractivity contribution in [2.45, 2.75) is 64.8 Å². The molecule has 7 heteroatoms. The molecule has 0 aliphatic heterocycles. The number of methoxy groups -OCH3 is 3. The molecule has 0 bridgehead atoms. The van der Waals surface area contributed by atoms with E-state index in [9.17, 15) is 4.79 Å². The van der Waals surface area contributed by atoms with E-state index in [4.69, 9.17) is 18.6 Å². The first-order valence-electron chi connectivity index (χ1n) is 10.1. The summed E-state index contributed by atoms with van der Waals surface area (Å²) in [5.41, 5.74) is 0.968. The van der Waals surface area contributed by atoms with Crippen LogP contribution in [-0.2, 0) is 14.0 Å². The molecule has 1 aromatic carbocycles. The Balaban J connectivity index is 3.25. The van der Waals surface area contributed by atoms with Gasteiger partial charge in [0.05, 0.1) is 34.0 Å². The van der Waals surface area contributed by atoms with Gasteiger partial charge in [-0.25, -0.2) is 0 Å². The number of nitrogens with one attached hydrogen (secondary N) is 1. The highest BCUT2D eigenvalue weighted by Gasteiger charge is 2.38. The van der Waals surface area contributed by atoms with E-state index in [2.05, 4.69) is 39.2 Å². The van der Waals surface area contributed by atoms with Crippen LogP contribution in [0, 0.1) is 5.92 Å². The third-order valence-corrected chi connectivity index (χ3v) is 10.2. The van der Waals surface area contributed by atoms with Crippen molar-refractivity contribution in [2.24, 2.45) is 5.92 Å². The van der Waals surface area contributed by atoms with Crippen LogP contribution >= 0.6 is 0 Å². The number of rotatable bonds is 10. The van der Waals surface area contributed by atoms with Crippen LogP contribution in [0.25, 0.3) is 0 Å². The van der Waals surface area contributed by atoms with Gasteiger partial charge in [-0.15, -0.1) is 0 Å². The molecule has 1 N–H and O–H groups in total. The predicted molar refractivity (Wildman–Crippen MR) is 119 cm³/mol. The van der Waals surface area contributed by atoms with E-state index >= 15 is 0 Å². The molecule has 0 saturated heterocycles. The average Bonchev–Trinajstić information content (AvgIpc) is 2.65. The van der Waals surface area contributed by atoms with Gasteiger partial charge in [0.1, 0.15) is 6.04 Å². The van der Waals surface area contributed by atoms with Crippen molar-refractivity contribution < 1.29 is 23.4 Å². The van der Waals surface area contributed by atoms with Gasteiger partial charge in [-0.1, -0.05) is 40.7 Å². The summed E-state index contributed by atoms with van der Waals surface area (Å²) >= 11 is 0. The van der Waals surface area contributed by atoms with Crippen molar-refractivity contribution in [2.75, 3.05) is 27.9 Å². The van der Waals surface area contributed by atoms with Crippen LogP contribution in [0.2, 0.25) is 18.1 Å². The van der Waals surface area contributed by atoms with Crippen LogP contribution in [0.4, 0.5) is 0 Å². The molecule has 6 nitrogen and oxygen atoms in total. The van der Waals surface area contributed by atoms with Crippen molar-refractivity contribution in [3.8, 4) is 11.5 Å². The lowest BCUT2D eigenvalue weighted by atomic mass is 10.0. The number of benzene rings is 1. The van der Waals surface area contributed by atoms with Crippen molar-refractivity contribution in [3.05, 3.63) is 23.8 Å². The molecule has 0 unspecified atom stereocenters. The lowest BCUT2D eigenvalue weighted by molar-refractivity contribution is -0.144. The summed E-state index contributed by atoms with van der Waals surface area (Å²) < 4.78 is 22.3. The zero-order valence-corrected chi connectivity index (χ0v) is 20.7. The van der Waals surface area contributed by atoms with E-state index in [1.807, 2.05) is 32.0 Å². The highest BCUT2D eigenvalue weighted by Crippen LogP contribution is 2.38. The fraction of sp³-hybridized carbons (Fsp3) is 0.682. The van der Waals surface area contributed by atoms with Crippen LogP contribution in [-0.4, -0.2) is 48.3 Å². The molecule has 166 valence electrons. The molecule has 0 aliphatic rings. The van der Waals surface area contributed by atoms with Gasteiger partial charge < -0.3 is 18.6 Å².